The number of nitrogens with one attached hydrogen (secondary N) is 1. The summed E-state index contributed by atoms with van der Waals surface area (Å²) in [4.78, 5) is 20.8. The van der Waals surface area contributed by atoms with Gasteiger partial charge in [-0.25, -0.2) is 0 Å². The maximum Gasteiger partial charge on any atom is 0.339 e. The van der Waals surface area contributed by atoms with Gasteiger partial charge in [-0.2, -0.15) is 23.5 Å². The Hall–Kier alpha value is -4.29. The molecule has 0 aliphatic carbocycles. The number of hydrogen-bond donors (Lipinski definition) is 1. The van der Waals surface area contributed by atoms with Crippen molar-refractivity contribution in [3.63, 3.8) is 0 Å². The lowest BCUT2D eigenvalue weighted by Crippen LogP contribution is -2.35. The summed E-state index contributed by atoms with van der Waals surface area (Å²) in [6.45, 7) is 0. The second-order valence-electron chi connectivity index (χ2n) is 7.45. The predicted octanol–water partition coefficient (Wildman–Crippen LogP) is 3.53. The molecule has 2 aliphatic rings. The van der Waals surface area contributed by atoms with Crippen LogP contribution in [0.4, 0.5) is 0 Å². The fourth-order valence-corrected chi connectivity index (χ4v) is 5.11. The van der Waals surface area contributed by atoms with E-state index in [1.807, 2.05) is 6.07 Å². The van der Waals surface area contributed by atoms with Gasteiger partial charge in [0.25, 0.3) is 5.91 Å². The molecule has 2 aromatic carbocycles. The van der Waals surface area contributed by atoms with Gasteiger partial charge < -0.3 is 8.92 Å². The highest BCUT2D eigenvalue weighted by molar-refractivity contribution is 8.27. The smallest absolute Gasteiger partial charge is 0.339 e. The number of pyridine rings is 1. The third-order valence-corrected chi connectivity index (χ3v) is 7.33. The summed E-state index contributed by atoms with van der Waals surface area (Å²) in [5, 5.41) is 15.1. The minimum atomic E-state index is -4.04. The number of hydrogen-bond acceptors (Lipinski definition) is 9. The zero-order valence-corrected chi connectivity index (χ0v) is 20.3. The van der Waals surface area contributed by atoms with Crippen LogP contribution in [0.25, 0.3) is 6.08 Å². The van der Waals surface area contributed by atoms with Crippen LogP contribution in [0.1, 0.15) is 11.1 Å². The summed E-state index contributed by atoms with van der Waals surface area (Å²) in [5.74, 6) is -0.0558. The van der Waals surface area contributed by atoms with Gasteiger partial charge in [0, 0.05) is 18.0 Å². The number of aromatic nitrogens is 1. The molecule has 3 heterocycles. The third kappa shape index (κ3) is 4.63. The second-order valence-corrected chi connectivity index (χ2v) is 9.95. The van der Waals surface area contributed by atoms with Gasteiger partial charge in [-0.1, -0.05) is 12.1 Å². The molecule has 1 aromatic heterocycles. The van der Waals surface area contributed by atoms with E-state index in [9.17, 15) is 13.2 Å². The van der Waals surface area contributed by atoms with Gasteiger partial charge >= 0.3 is 10.1 Å². The SMILES string of the molecule is COc1ccc(S(=O)(=O)Oc2ccc(/C=C3/C(=N)N4N=C(c5cccnc5)SC4=NC3=O)cc2)cc1. The van der Waals surface area contributed by atoms with Gasteiger partial charge in [0.05, 0.1) is 12.7 Å². The van der Waals surface area contributed by atoms with Crippen LogP contribution in [0.2, 0.25) is 0 Å². The highest BCUT2D eigenvalue weighted by Gasteiger charge is 2.36. The van der Waals surface area contributed by atoms with Gasteiger partial charge in [-0.15, -0.1) is 0 Å². The van der Waals surface area contributed by atoms with E-state index in [0.29, 0.717) is 21.5 Å². The van der Waals surface area contributed by atoms with Crippen LogP contribution >= 0.6 is 11.8 Å². The molecule has 12 heteroatoms. The summed E-state index contributed by atoms with van der Waals surface area (Å²) in [5.41, 5.74) is 1.36. The van der Waals surface area contributed by atoms with Crippen molar-refractivity contribution < 1.29 is 22.1 Å². The number of amidine groups is 2. The molecule has 10 nitrogen and oxygen atoms in total. The lowest BCUT2D eigenvalue weighted by molar-refractivity contribution is -0.114. The van der Waals surface area contributed by atoms with E-state index in [4.69, 9.17) is 14.3 Å². The van der Waals surface area contributed by atoms with Crippen LogP contribution in [0.3, 0.4) is 0 Å². The summed E-state index contributed by atoms with van der Waals surface area (Å²) >= 11 is 1.19. The number of methoxy groups -OCH3 is 1. The first-order chi connectivity index (χ1) is 17.3. The minimum absolute atomic E-state index is 0.0147. The van der Waals surface area contributed by atoms with Crippen molar-refractivity contribution in [3.05, 3.63) is 89.8 Å². The topological polar surface area (TPSA) is 134 Å². The quantitative estimate of drug-likeness (QED) is 0.386. The zero-order chi connectivity index (χ0) is 25.3. The Morgan fingerprint density at radius 3 is 2.42 bits per heavy atom. The van der Waals surface area contributed by atoms with Crippen LogP contribution in [0, 0.1) is 5.41 Å². The first-order valence-electron chi connectivity index (χ1n) is 10.4. The highest BCUT2D eigenvalue weighted by Crippen LogP contribution is 2.31. The Morgan fingerprint density at radius 1 is 1.03 bits per heavy atom. The van der Waals surface area contributed by atoms with Crippen molar-refractivity contribution in [1.82, 2.24) is 9.99 Å². The van der Waals surface area contributed by atoms with E-state index >= 15 is 0 Å². The molecule has 3 aromatic rings. The molecule has 0 spiro atoms. The van der Waals surface area contributed by atoms with Crippen LogP contribution in [0.15, 0.2) is 93.6 Å². The van der Waals surface area contributed by atoms with Crippen molar-refractivity contribution in [1.29, 1.82) is 5.41 Å². The Kier molecular flexibility index (Phi) is 6.12. The summed E-state index contributed by atoms with van der Waals surface area (Å²) in [6.07, 6.45) is 4.78. The average Bonchev–Trinajstić information content (AvgIpc) is 3.32. The second kappa shape index (κ2) is 9.40. The maximum atomic E-state index is 12.6. The van der Waals surface area contributed by atoms with E-state index in [-0.39, 0.29) is 22.1 Å². The van der Waals surface area contributed by atoms with E-state index in [2.05, 4.69) is 15.1 Å². The van der Waals surface area contributed by atoms with E-state index in [1.165, 1.54) is 66.4 Å². The summed E-state index contributed by atoms with van der Waals surface area (Å²) < 4.78 is 35.3. The molecule has 180 valence electrons. The number of aliphatic imine (C=N–C) groups is 1. The van der Waals surface area contributed by atoms with Crippen LogP contribution < -0.4 is 8.92 Å². The molecule has 0 radical (unpaired) electrons. The van der Waals surface area contributed by atoms with Gasteiger partial charge in [0.2, 0.25) is 5.17 Å². The molecule has 1 amide bonds. The number of carbonyl (C=O) groups is 1. The molecule has 0 saturated carbocycles. The lowest BCUT2D eigenvalue weighted by Gasteiger charge is -2.20. The normalized spacial score (nSPS) is 16.5. The molecule has 2 aliphatic heterocycles. The van der Waals surface area contributed by atoms with Gasteiger partial charge in [-0.05, 0) is 71.9 Å². The van der Waals surface area contributed by atoms with Gasteiger partial charge in [-0.3, -0.25) is 15.2 Å². The van der Waals surface area contributed by atoms with Crippen molar-refractivity contribution in [2.75, 3.05) is 7.11 Å². The minimum Gasteiger partial charge on any atom is -0.497 e. The van der Waals surface area contributed by atoms with Crippen molar-refractivity contribution in [3.8, 4) is 11.5 Å². The molecule has 1 N–H and O–H groups in total. The fourth-order valence-electron chi connectivity index (χ4n) is 3.30. The number of carbonyl (C=O) groups excluding carboxylic acids is 1. The Morgan fingerprint density at radius 2 is 1.75 bits per heavy atom. The highest BCUT2D eigenvalue weighted by atomic mass is 32.2. The van der Waals surface area contributed by atoms with Crippen molar-refractivity contribution >= 4 is 49.9 Å². The lowest BCUT2D eigenvalue weighted by atomic mass is 10.1. The maximum absolute atomic E-state index is 12.6. The molecule has 0 unspecified atom stereocenters. The number of fused-ring (bicyclic) bond motifs is 1. The number of hydrazone groups is 1. The number of nitrogens with zero attached hydrogens (tertiary/aromatic N) is 4. The number of ether oxygens (including phenoxy) is 1. The Balaban J connectivity index is 1.34. The van der Waals surface area contributed by atoms with Crippen LogP contribution in [-0.4, -0.2) is 47.5 Å². The molecule has 0 atom stereocenters. The molecule has 0 bridgehead atoms. The molecule has 5 rings (SSSR count). The molecular formula is C24H17N5O5S2. The predicted molar refractivity (Wildman–Crippen MR) is 136 cm³/mol. The number of amides is 1. The molecule has 36 heavy (non-hydrogen) atoms. The van der Waals surface area contributed by atoms with Crippen LogP contribution in [0.5, 0.6) is 11.5 Å². The first-order valence-corrected chi connectivity index (χ1v) is 12.7. The van der Waals surface area contributed by atoms with Crippen LogP contribution in [-0.2, 0) is 14.9 Å². The molecule has 0 saturated heterocycles. The number of rotatable bonds is 6. The first kappa shape index (κ1) is 23.5. The van der Waals surface area contributed by atoms with E-state index in [0.717, 1.165) is 5.56 Å². The fraction of sp³-hybridized carbons (Fsp3) is 0.0417. The van der Waals surface area contributed by atoms with E-state index < -0.39 is 16.0 Å². The third-order valence-electron chi connectivity index (χ3n) is 5.11. The number of benzene rings is 2. The summed E-state index contributed by atoms with van der Waals surface area (Å²) in [7, 11) is -2.55. The Labute approximate surface area is 210 Å². The van der Waals surface area contributed by atoms with Crippen molar-refractivity contribution in [2.24, 2.45) is 10.1 Å². The van der Waals surface area contributed by atoms with E-state index in [1.54, 1.807) is 30.6 Å². The number of thioether (sulfide) groups is 1. The zero-order valence-electron chi connectivity index (χ0n) is 18.7. The monoisotopic (exact) mass is 519 g/mol. The molecular weight excluding hydrogens is 502 g/mol. The standard InChI is InChI=1S/C24H17N5O5S2/c1-33-17-8-10-19(11-9-17)36(31,32)34-18-6-4-15(5-7-18)13-20-21(25)29-24(27-22(20)30)35-23(28-29)16-3-2-12-26-14-16/h2-14,25H,1H3/b20-13-,25-21?. The average molecular weight is 520 g/mol. The van der Waals surface area contributed by atoms with Crippen molar-refractivity contribution in [2.45, 2.75) is 4.90 Å². The largest absolute Gasteiger partial charge is 0.497 e. The molecule has 0 fully saturated rings. The Bertz CT molecular complexity index is 1550. The van der Waals surface area contributed by atoms with Gasteiger partial charge in [0.15, 0.2) is 5.84 Å². The van der Waals surface area contributed by atoms with Gasteiger partial charge in [0.1, 0.15) is 21.4 Å². The summed E-state index contributed by atoms with van der Waals surface area (Å²) in [6, 6.07) is 15.5.